The van der Waals surface area contributed by atoms with E-state index in [1.54, 1.807) is 18.5 Å². The topological polar surface area (TPSA) is 22.1 Å². The molecule has 0 radical (unpaired) electrons. The highest BCUT2D eigenvalue weighted by molar-refractivity contribution is 7.80. The van der Waals surface area contributed by atoms with E-state index in [0.717, 1.165) is 0 Å². The lowest BCUT2D eigenvalue weighted by atomic mass is 10.5. The third-order valence-electron chi connectivity index (χ3n) is 1.04. The fourth-order valence-electron chi connectivity index (χ4n) is 0.635. The maximum atomic E-state index is 5.66. The molecule has 0 aliphatic rings. The molecule has 1 heterocycles. The Kier molecular flexibility index (Phi) is 3.52. The molecular formula is C7H8ClNOS. The molecular weight excluding hydrogens is 182 g/mol. The number of aromatic nitrogens is 1. The summed E-state index contributed by atoms with van der Waals surface area (Å²) in [4.78, 5) is 3.86. The fourth-order valence-corrected chi connectivity index (χ4v) is 0.890. The van der Waals surface area contributed by atoms with Gasteiger partial charge in [-0.05, 0) is 0 Å². The maximum absolute atomic E-state index is 5.66. The van der Waals surface area contributed by atoms with Crippen molar-refractivity contribution in [2.24, 2.45) is 0 Å². The lowest BCUT2D eigenvalue weighted by molar-refractivity contribution is 0.343. The first-order chi connectivity index (χ1) is 5.33. The molecule has 0 aromatic carbocycles. The molecule has 0 aliphatic carbocycles. The largest absolute Gasteiger partial charge is 0.491 e. The highest BCUT2D eigenvalue weighted by atomic mass is 35.5. The summed E-state index contributed by atoms with van der Waals surface area (Å²) in [5, 5.41) is 0.585. The van der Waals surface area contributed by atoms with Crippen LogP contribution in [0.5, 0.6) is 5.75 Å². The Morgan fingerprint density at radius 1 is 1.55 bits per heavy atom. The summed E-state index contributed by atoms with van der Waals surface area (Å²) in [5.41, 5.74) is 0. The Balaban J connectivity index is 2.56. The minimum atomic E-state index is 0.575. The van der Waals surface area contributed by atoms with Crippen LogP contribution in [-0.4, -0.2) is 17.3 Å². The summed E-state index contributed by atoms with van der Waals surface area (Å²) in [5.74, 6) is 1.37. The minimum absolute atomic E-state index is 0.575. The third-order valence-corrected chi connectivity index (χ3v) is 1.43. The molecule has 0 bridgehead atoms. The van der Waals surface area contributed by atoms with E-state index < -0.39 is 0 Å². The van der Waals surface area contributed by atoms with E-state index in [0.29, 0.717) is 23.1 Å². The Bertz CT molecular complexity index is 231. The van der Waals surface area contributed by atoms with Gasteiger partial charge >= 0.3 is 0 Å². The van der Waals surface area contributed by atoms with E-state index in [9.17, 15) is 0 Å². The lowest BCUT2D eigenvalue weighted by Gasteiger charge is -2.02. The zero-order chi connectivity index (χ0) is 8.10. The van der Waals surface area contributed by atoms with Crippen LogP contribution in [0, 0.1) is 0 Å². The molecule has 0 fully saturated rings. The van der Waals surface area contributed by atoms with Gasteiger partial charge in [0, 0.05) is 18.0 Å². The first-order valence-corrected chi connectivity index (χ1v) is 4.18. The fraction of sp³-hybridized carbons (Fsp3) is 0.286. The van der Waals surface area contributed by atoms with Gasteiger partial charge in [-0.15, -0.1) is 0 Å². The highest BCUT2D eigenvalue weighted by Gasteiger charge is 1.93. The predicted octanol–water partition coefficient (Wildman–Crippen LogP) is 2.04. The molecule has 0 saturated heterocycles. The average molecular weight is 190 g/mol. The van der Waals surface area contributed by atoms with Gasteiger partial charge in [0.2, 0.25) is 0 Å². The van der Waals surface area contributed by atoms with Crippen LogP contribution in [0.4, 0.5) is 0 Å². The zero-order valence-electron chi connectivity index (χ0n) is 5.83. The van der Waals surface area contributed by atoms with Gasteiger partial charge in [-0.1, -0.05) is 11.6 Å². The monoisotopic (exact) mass is 189 g/mol. The second-order valence-corrected chi connectivity index (χ2v) is 2.79. The second kappa shape index (κ2) is 4.46. The number of hydrogen-bond acceptors (Lipinski definition) is 3. The van der Waals surface area contributed by atoms with Gasteiger partial charge in [-0.3, -0.25) is 4.98 Å². The van der Waals surface area contributed by atoms with E-state index in [4.69, 9.17) is 16.3 Å². The molecule has 0 amide bonds. The maximum Gasteiger partial charge on any atom is 0.139 e. The van der Waals surface area contributed by atoms with Crippen LogP contribution in [-0.2, 0) is 0 Å². The van der Waals surface area contributed by atoms with Gasteiger partial charge in [0.15, 0.2) is 0 Å². The van der Waals surface area contributed by atoms with Crippen LogP contribution in [0.3, 0.4) is 0 Å². The molecule has 0 aliphatic heterocycles. The summed E-state index contributed by atoms with van der Waals surface area (Å²) in [6.45, 7) is 0.575. The van der Waals surface area contributed by atoms with Crippen LogP contribution in [0.25, 0.3) is 0 Å². The van der Waals surface area contributed by atoms with Crippen molar-refractivity contribution in [2.45, 2.75) is 0 Å². The third kappa shape index (κ3) is 2.99. The molecule has 0 atom stereocenters. The quantitative estimate of drug-likeness (QED) is 0.736. The molecule has 0 N–H and O–H groups in total. The number of pyridine rings is 1. The predicted molar refractivity (Wildman–Crippen MR) is 48.6 cm³/mol. The van der Waals surface area contributed by atoms with E-state index in [1.165, 1.54) is 0 Å². The first kappa shape index (κ1) is 8.68. The van der Waals surface area contributed by atoms with E-state index in [1.807, 2.05) is 0 Å². The van der Waals surface area contributed by atoms with Gasteiger partial charge in [-0.25, -0.2) is 0 Å². The summed E-state index contributed by atoms with van der Waals surface area (Å²) < 4.78 is 5.21. The van der Waals surface area contributed by atoms with Crippen LogP contribution >= 0.6 is 24.2 Å². The number of thiol groups is 1. The zero-order valence-corrected chi connectivity index (χ0v) is 7.48. The van der Waals surface area contributed by atoms with Crippen molar-refractivity contribution in [2.75, 3.05) is 12.4 Å². The van der Waals surface area contributed by atoms with Gasteiger partial charge < -0.3 is 4.74 Å². The van der Waals surface area contributed by atoms with Crippen molar-refractivity contribution in [1.29, 1.82) is 0 Å². The number of halogens is 1. The van der Waals surface area contributed by atoms with Gasteiger partial charge in [0.25, 0.3) is 0 Å². The average Bonchev–Trinajstić information content (AvgIpc) is 2.01. The Hall–Kier alpha value is -0.410. The van der Waals surface area contributed by atoms with Crippen molar-refractivity contribution in [3.05, 3.63) is 23.5 Å². The molecule has 0 unspecified atom stereocenters. The van der Waals surface area contributed by atoms with Gasteiger partial charge in [0.05, 0.1) is 17.8 Å². The summed E-state index contributed by atoms with van der Waals surface area (Å²) in [7, 11) is 0. The summed E-state index contributed by atoms with van der Waals surface area (Å²) in [6.07, 6.45) is 3.18. The van der Waals surface area contributed by atoms with Crippen LogP contribution in [0.15, 0.2) is 18.5 Å². The van der Waals surface area contributed by atoms with Crippen molar-refractivity contribution in [1.82, 2.24) is 4.98 Å². The summed E-state index contributed by atoms with van der Waals surface area (Å²) >= 11 is 9.66. The SMILES string of the molecule is SCCOc1cncc(Cl)c1. The smallest absolute Gasteiger partial charge is 0.139 e. The van der Waals surface area contributed by atoms with Crippen molar-refractivity contribution in [3.8, 4) is 5.75 Å². The molecule has 11 heavy (non-hydrogen) atoms. The van der Waals surface area contributed by atoms with Crippen LogP contribution in [0.2, 0.25) is 5.02 Å². The molecule has 2 nitrogen and oxygen atoms in total. The molecule has 1 aromatic heterocycles. The van der Waals surface area contributed by atoms with Crippen molar-refractivity contribution in [3.63, 3.8) is 0 Å². The van der Waals surface area contributed by atoms with E-state index in [-0.39, 0.29) is 0 Å². The lowest BCUT2D eigenvalue weighted by Crippen LogP contribution is -1.97. The Morgan fingerprint density at radius 2 is 2.36 bits per heavy atom. The number of ether oxygens (including phenoxy) is 1. The Labute approximate surface area is 76.0 Å². The normalized spacial score (nSPS) is 9.64. The van der Waals surface area contributed by atoms with Crippen molar-refractivity contribution < 1.29 is 4.74 Å². The van der Waals surface area contributed by atoms with Gasteiger partial charge in [0.1, 0.15) is 5.75 Å². The van der Waals surface area contributed by atoms with E-state index in [2.05, 4.69) is 17.6 Å². The molecule has 0 saturated carbocycles. The van der Waals surface area contributed by atoms with Crippen LogP contribution < -0.4 is 4.74 Å². The molecule has 0 spiro atoms. The highest BCUT2D eigenvalue weighted by Crippen LogP contribution is 2.14. The first-order valence-electron chi connectivity index (χ1n) is 3.17. The van der Waals surface area contributed by atoms with E-state index >= 15 is 0 Å². The molecule has 4 heteroatoms. The minimum Gasteiger partial charge on any atom is -0.491 e. The molecule has 1 rings (SSSR count). The summed E-state index contributed by atoms with van der Waals surface area (Å²) in [6, 6.07) is 1.72. The Morgan fingerprint density at radius 3 is 3.00 bits per heavy atom. The number of rotatable bonds is 3. The number of nitrogens with zero attached hydrogens (tertiary/aromatic N) is 1. The van der Waals surface area contributed by atoms with Crippen LogP contribution in [0.1, 0.15) is 0 Å². The van der Waals surface area contributed by atoms with Gasteiger partial charge in [-0.2, -0.15) is 12.6 Å². The number of hydrogen-bond donors (Lipinski definition) is 1. The molecule has 1 aromatic rings. The second-order valence-electron chi connectivity index (χ2n) is 1.91. The van der Waals surface area contributed by atoms with Crippen molar-refractivity contribution >= 4 is 24.2 Å². The standard InChI is InChI=1S/C7H8ClNOS/c8-6-3-7(5-9-4-6)10-1-2-11/h3-5,11H,1-2H2. The molecule has 60 valence electrons.